The number of benzene rings is 2. The summed E-state index contributed by atoms with van der Waals surface area (Å²) in [5.74, 6) is 0. The minimum absolute atomic E-state index is 0.854. The number of hydrogen-bond donors (Lipinski definition) is 2. The van der Waals surface area contributed by atoms with Gasteiger partial charge in [0.05, 0.1) is 5.69 Å². The second kappa shape index (κ2) is 6.17. The third-order valence-electron chi connectivity index (χ3n) is 3.22. The fourth-order valence-electron chi connectivity index (χ4n) is 2.21. The lowest BCUT2D eigenvalue weighted by atomic mass is 10.1. The van der Waals surface area contributed by atoms with Crippen molar-refractivity contribution in [2.75, 3.05) is 0 Å². The van der Waals surface area contributed by atoms with Crippen molar-refractivity contribution >= 4 is 0 Å². The van der Waals surface area contributed by atoms with E-state index in [0.717, 1.165) is 24.3 Å². The molecule has 0 aliphatic heterocycles. The van der Waals surface area contributed by atoms with E-state index >= 15 is 0 Å². The molecule has 0 unspecified atom stereocenters. The van der Waals surface area contributed by atoms with Crippen LogP contribution in [0.3, 0.4) is 0 Å². The SMILES string of the molecule is c1ccc(CNCc2cccc(-c3cc[nH]n3)c2)cc1. The predicted octanol–water partition coefficient (Wildman–Crippen LogP) is 3.37. The molecule has 0 spiro atoms. The van der Waals surface area contributed by atoms with Gasteiger partial charge in [0.2, 0.25) is 0 Å². The Bertz CT molecular complexity index is 645. The van der Waals surface area contributed by atoms with E-state index < -0.39 is 0 Å². The van der Waals surface area contributed by atoms with E-state index in [2.05, 4.69) is 64.0 Å². The van der Waals surface area contributed by atoms with Crippen LogP contribution in [-0.2, 0) is 13.1 Å². The van der Waals surface area contributed by atoms with E-state index in [1.807, 2.05) is 18.3 Å². The molecule has 0 aliphatic rings. The van der Waals surface area contributed by atoms with Gasteiger partial charge in [0.1, 0.15) is 0 Å². The third-order valence-corrected chi connectivity index (χ3v) is 3.22. The maximum absolute atomic E-state index is 4.21. The number of hydrogen-bond acceptors (Lipinski definition) is 2. The fraction of sp³-hybridized carbons (Fsp3) is 0.118. The Hall–Kier alpha value is -2.39. The zero-order chi connectivity index (χ0) is 13.6. The molecule has 0 atom stereocenters. The molecule has 0 aliphatic carbocycles. The summed E-state index contributed by atoms with van der Waals surface area (Å²) in [5.41, 5.74) is 4.69. The van der Waals surface area contributed by atoms with Gasteiger partial charge in [-0.05, 0) is 23.3 Å². The molecule has 0 radical (unpaired) electrons. The zero-order valence-electron chi connectivity index (χ0n) is 11.2. The lowest BCUT2D eigenvalue weighted by Gasteiger charge is -2.06. The molecule has 1 heterocycles. The highest BCUT2D eigenvalue weighted by Gasteiger charge is 2.01. The van der Waals surface area contributed by atoms with Gasteiger partial charge in [0.25, 0.3) is 0 Å². The Balaban J connectivity index is 1.62. The van der Waals surface area contributed by atoms with Crippen molar-refractivity contribution < 1.29 is 0 Å². The van der Waals surface area contributed by atoms with E-state index in [9.17, 15) is 0 Å². The molecule has 0 bridgehead atoms. The summed E-state index contributed by atoms with van der Waals surface area (Å²) < 4.78 is 0. The van der Waals surface area contributed by atoms with Gasteiger partial charge in [-0.3, -0.25) is 5.10 Å². The number of nitrogens with zero attached hydrogens (tertiary/aromatic N) is 1. The van der Waals surface area contributed by atoms with Crippen LogP contribution in [0.1, 0.15) is 11.1 Å². The summed E-state index contributed by atoms with van der Waals surface area (Å²) in [5, 5.41) is 10.5. The Morgan fingerprint density at radius 2 is 1.65 bits per heavy atom. The van der Waals surface area contributed by atoms with E-state index in [1.54, 1.807) is 0 Å². The van der Waals surface area contributed by atoms with Crippen molar-refractivity contribution in [3.05, 3.63) is 78.0 Å². The highest BCUT2D eigenvalue weighted by atomic mass is 15.1. The standard InChI is InChI=1S/C17H17N3/c1-2-5-14(6-3-1)12-18-13-15-7-4-8-16(11-15)17-9-10-19-20-17/h1-11,18H,12-13H2,(H,19,20). The largest absolute Gasteiger partial charge is 0.309 e. The zero-order valence-corrected chi connectivity index (χ0v) is 11.2. The average Bonchev–Trinajstić information content (AvgIpc) is 3.03. The Labute approximate surface area is 118 Å². The lowest BCUT2D eigenvalue weighted by molar-refractivity contribution is 0.693. The van der Waals surface area contributed by atoms with Gasteiger partial charge in [-0.2, -0.15) is 5.10 Å². The van der Waals surface area contributed by atoms with E-state index in [4.69, 9.17) is 0 Å². The molecule has 0 fully saturated rings. The molecule has 0 amide bonds. The van der Waals surface area contributed by atoms with Crippen LogP contribution in [0.25, 0.3) is 11.3 Å². The van der Waals surface area contributed by atoms with Crippen LogP contribution in [0.5, 0.6) is 0 Å². The van der Waals surface area contributed by atoms with Gasteiger partial charge in [-0.25, -0.2) is 0 Å². The van der Waals surface area contributed by atoms with Crippen LogP contribution in [0, 0.1) is 0 Å². The number of nitrogens with one attached hydrogen (secondary N) is 2. The second-order valence-electron chi connectivity index (χ2n) is 4.75. The molecule has 3 heteroatoms. The molecule has 3 nitrogen and oxygen atoms in total. The molecule has 20 heavy (non-hydrogen) atoms. The van der Waals surface area contributed by atoms with Crippen LogP contribution in [-0.4, -0.2) is 10.2 Å². The Morgan fingerprint density at radius 3 is 2.45 bits per heavy atom. The van der Waals surface area contributed by atoms with Crippen LogP contribution < -0.4 is 5.32 Å². The van der Waals surface area contributed by atoms with Crippen molar-refractivity contribution in [2.45, 2.75) is 13.1 Å². The summed E-state index contributed by atoms with van der Waals surface area (Å²) >= 11 is 0. The molecule has 0 saturated carbocycles. The topological polar surface area (TPSA) is 40.7 Å². The van der Waals surface area contributed by atoms with Crippen molar-refractivity contribution in [1.29, 1.82) is 0 Å². The van der Waals surface area contributed by atoms with Gasteiger partial charge >= 0.3 is 0 Å². The minimum atomic E-state index is 0.854. The summed E-state index contributed by atoms with van der Waals surface area (Å²) in [7, 11) is 0. The molecule has 3 aromatic rings. The molecule has 1 aromatic heterocycles. The Kier molecular flexibility index (Phi) is 3.90. The highest BCUT2D eigenvalue weighted by Crippen LogP contribution is 2.17. The van der Waals surface area contributed by atoms with Crippen LogP contribution in [0.4, 0.5) is 0 Å². The van der Waals surface area contributed by atoms with Crippen LogP contribution in [0.2, 0.25) is 0 Å². The maximum Gasteiger partial charge on any atom is 0.0920 e. The summed E-state index contributed by atoms with van der Waals surface area (Å²) in [6.45, 7) is 1.74. The minimum Gasteiger partial charge on any atom is -0.309 e. The monoisotopic (exact) mass is 263 g/mol. The molecule has 2 N–H and O–H groups in total. The number of rotatable bonds is 5. The van der Waals surface area contributed by atoms with E-state index in [1.165, 1.54) is 11.1 Å². The average molecular weight is 263 g/mol. The van der Waals surface area contributed by atoms with Gasteiger partial charge in [0, 0.05) is 24.8 Å². The number of aromatic amines is 1. The normalized spacial score (nSPS) is 10.6. The first-order chi connectivity index (χ1) is 9.92. The van der Waals surface area contributed by atoms with Crippen molar-refractivity contribution in [3.8, 4) is 11.3 Å². The maximum atomic E-state index is 4.21. The molecule has 100 valence electrons. The van der Waals surface area contributed by atoms with Gasteiger partial charge in [-0.1, -0.05) is 48.5 Å². The molecule has 2 aromatic carbocycles. The summed E-state index contributed by atoms with van der Waals surface area (Å²) in [6, 6.07) is 20.9. The van der Waals surface area contributed by atoms with Crippen LogP contribution in [0.15, 0.2) is 66.9 Å². The summed E-state index contributed by atoms with van der Waals surface area (Å²) in [6.07, 6.45) is 1.84. The van der Waals surface area contributed by atoms with Crippen LogP contribution >= 0.6 is 0 Å². The molecule has 0 saturated heterocycles. The Morgan fingerprint density at radius 1 is 0.850 bits per heavy atom. The quantitative estimate of drug-likeness (QED) is 0.741. The molecular weight excluding hydrogens is 246 g/mol. The van der Waals surface area contributed by atoms with Crippen molar-refractivity contribution in [3.63, 3.8) is 0 Å². The molecular formula is C17H17N3. The number of H-pyrrole nitrogens is 1. The molecule has 3 rings (SSSR count). The predicted molar refractivity (Wildman–Crippen MR) is 81.0 cm³/mol. The highest BCUT2D eigenvalue weighted by molar-refractivity contribution is 5.59. The van der Waals surface area contributed by atoms with Gasteiger partial charge in [0.15, 0.2) is 0 Å². The first-order valence-corrected chi connectivity index (χ1v) is 6.75. The first kappa shape index (κ1) is 12.6. The van der Waals surface area contributed by atoms with E-state index in [0.29, 0.717) is 0 Å². The fourth-order valence-corrected chi connectivity index (χ4v) is 2.21. The third kappa shape index (κ3) is 3.13. The first-order valence-electron chi connectivity index (χ1n) is 6.75. The second-order valence-corrected chi connectivity index (χ2v) is 4.75. The number of aromatic nitrogens is 2. The smallest absolute Gasteiger partial charge is 0.0920 e. The van der Waals surface area contributed by atoms with Crippen molar-refractivity contribution in [1.82, 2.24) is 15.5 Å². The summed E-state index contributed by atoms with van der Waals surface area (Å²) in [4.78, 5) is 0. The van der Waals surface area contributed by atoms with Gasteiger partial charge < -0.3 is 5.32 Å². The van der Waals surface area contributed by atoms with Crippen molar-refractivity contribution in [2.24, 2.45) is 0 Å². The van der Waals surface area contributed by atoms with E-state index in [-0.39, 0.29) is 0 Å². The lowest BCUT2D eigenvalue weighted by Crippen LogP contribution is -2.12. The van der Waals surface area contributed by atoms with Gasteiger partial charge in [-0.15, -0.1) is 0 Å².